The number of nitrogens with two attached hydrogens (primary N) is 1. The number of benzene rings is 1. The number of rotatable bonds is 5. The van der Waals surface area contributed by atoms with Gasteiger partial charge in [0.1, 0.15) is 6.54 Å². The first kappa shape index (κ1) is 15.8. The molecule has 0 spiro atoms. The zero-order valence-corrected chi connectivity index (χ0v) is 11.6. The van der Waals surface area contributed by atoms with E-state index >= 15 is 0 Å². The van der Waals surface area contributed by atoms with Crippen molar-refractivity contribution in [1.29, 1.82) is 0 Å². The Morgan fingerprint density at radius 3 is 2.37 bits per heavy atom. The first-order valence-electron chi connectivity index (χ1n) is 6.39. The smallest absolute Gasteiger partial charge is 0.363 e. The molecule has 2 nitrogen and oxygen atoms in total. The zero-order valence-electron chi connectivity index (χ0n) is 11.6. The third-order valence-electron chi connectivity index (χ3n) is 2.91. The number of hydrogen-bond acceptors (Lipinski definition) is 2. The fraction of sp³-hybridized carbons (Fsp3) is 0.571. The molecule has 0 amide bonds. The molecule has 0 aliphatic heterocycles. The van der Waals surface area contributed by atoms with Crippen molar-refractivity contribution < 1.29 is 13.2 Å². The number of nitrogens with zero attached hydrogens (tertiary/aromatic N) is 1. The molecule has 5 heteroatoms. The summed E-state index contributed by atoms with van der Waals surface area (Å²) in [6, 6.07) is 5.56. The molecule has 0 aliphatic rings. The SMILES string of the molecule is CCN(CC(F)(F)F)c1ccc(CC(C)N)cc1C. The van der Waals surface area contributed by atoms with Gasteiger partial charge < -0.3 is 10.6 Å². The summed E-state index contributed by atoms with van der Waals surface area (Å²) in [7, 11) is 0. The van der Waals surface area contributed by atoms with Crippen LogP contribution < -0.4 is 10.6 Å². The Bertz CT molecular complexity index is 414. The fourth-order valence-electron chi connectivity index (χ4n) is 2.15. The molecule has 0 fully saturated rings. The first-order valence-corrected chi connectivity index (χ1v) is 6.39. The molecule has 0 bridgehead atoms. The van der Waals surface area contributed by atoms with E-state index in [9.17, 15) is 13.2 Å². The van der Waals surface area contributed by atoms with Crippen LogP contribution in [0.4, 0.5) is 18.9 Å². The number of anilines is 1. The maximum Gasteiger partial charge on any atom is 0.405 e. The quantitative estimate of drug-likeness (QED) is 0.893. The van der Waals surface area contributed by atoms with Gasteiger partial charge in [0.05, 0.1) is 0 Å². The number of aryl methyl sites for hydroxylation is 1. The third-order valence-corrected chi connectivity index (χ3v) is 2.91. The second kappa shape index (κ2) is 6.28. The van der Waals surface area contributed by atoms with Crippen LogP contribution in [-0.4, -0.2) is 25.3 Å². The molecule has 1 rings (SSSR count). The van der Waals surface area contributed by atoms with Crippen LogP contribution in [0.2, 0.25) is 0 Å². The Morgan fingerprint density at radius 1 is 1.32 bits per heavy atom. The van der Waals surface area contributed by atoms with Gasteiger partial charge in [-0.2, -0.15) is 13.2 Å². The van der Waals surface area contributed by atoms with E-state index < -0.39 is 12.7 Å². The van der Waals surface area contributed by atoms with Crippen molar-refractivity contribution in [3.8, 4) is 0 Å². The molecule has 1 aromatic carbocycles. The highest BCUT2D eigenvalue weighted by Gasteiger charge is 2.30. The van der Waals surface area contributed by atoms with Crippen molar-refractivity contribution >= 4 is 5.69 Å². The monoisotopic (exact) mass is 274 g/mol. The van der Waals surface area contributed by atoms with Gasteiger partial charge in [-0.1, -0.05) is 12.1 Å². The van der Waals surface area contributed by atoms with Crippen LogP contribution in [0.1, 0.15) is 25.0 Å². The van der Waals surface area contributed by atoms with Crippen LogP contribution >= 0.6 is 0 Å². The maximum atomic E-state index is 12.5. The largest absolute Gasteiger partial charge is 0.405 e. The number of hydrogen-bond donors (Lipinski definition) is 1. The van der Waals surface area contributed by atoms with Crippen molar-refractivity contribution in [2.45, 2.75) is 39.4 Å². The van der Waals surface area contributed by atoms with Crippen LogP contribution in [0.5, 0.6) is 0 Å². The second-order valence-electron chi connectivity index (χ2n) is 4.93. The minimum absolute atomic E-state index is 0.0442. The molecule has 1 aromatic rings. The van der Waals surface area contributed by atoms with E-state index in [4.69, 9.17) is 5.73 Å². The van der Waals surface area contributed by atoms with Crippen molar-refractivity contribution in [2.75, 3.05) is 18.0 Å². The summed E-state index contributed by atoms with van der Waals surface area (Å²) in [4.78, 5) is 1.34. The minimum Gasteiger partial charge on any atom is -0.363 e. The molecule has 1 unspecified atom stereocenters. The molecule has 0 saturated heterocycles. The Labute approximate surface area is 112 Å². The average molecular weight is 274 g/mol. The summed E-state index contributed by atoms with van der Waals surface area (Å²) in [6.45, 7) is 4.87. The zero-order chi connectivity index (χ0) is 14.6. The lowest BCUT2D eigenvalue weighted by Crippen LogP contribution is -2.34. The molecule has 0 radical (unpaired) electrons. The summed E-state index contributed by atoms with van der Waals surface area (Å²) in [5.74, 6) is 0. The molecule has 108 valence electrons. The number of alkyl halides is 3. The van der Waals surface area contributed by atoms with Crippen molar-refractivity contribution in [3.05, 3.63) is 29.3 Å². The molecular weight excluding hydrogens is 253 g/mol. The lowest BCUT2D eigenvalue weighted by molar-refractivity contribution is -0.119. The van der Waals surface area contributed by atoms with Crippen LogP contribution in [0.25, 0.3) is 0 Å². The van der Waals surface area contributed by atoms with Gasteiger partial charge in [0, 0.05) is 18.3 Å². The van der Waals surface area contributed by atoms with Crippen LogP contribution in [-0.2, 0) is 6.42 Å². The van der Waals surface area contributed by atoms with E-state index in [2.05, 4.69) is 0 Å². The predicted molar refractivity (Wildman–Crippen MR) is 72.5 cm³/mol. The summed E-state index contributed by atoms with van der Waals surface area (Å²) in [5, 5.41) is 0. The lowest BCUT2D eigenvalue weighted by Gasteiger charge is -2.26. The molecule has 0 aromatic heterocycles. The van der Waals surface area contributed by atoms with E-state index in [1.165, 1.54) is 4.90 Å². The van der Waals surface area contributed by atoms with Gasteiger partial charge in [0.25, 0.3) is 0 Å². The average Bonchev–Trinajstić information content (AvgIpc) is 2.24. The van der Waals surface area contributed by atoms with Crippen LogP contribution in [0.3, 0.4) is 0 Å². The topological polar surface area (TPSA) is 29.3 Å². The van der Waals surface area contributed by atoms with E-state index in [-0.39, 0.29) is 6.04 Å². The van der Waals surface area contributed by atoms with Gasteiger partial charge in [0.15, 0.2) is 0 Å². The molecule has 0 aliphatic carbocycles. The van der Waals surface area contributed by atoms with Gasteiger partial charge in [-0.3, -0.25) is 0 Å². The minimum atomic E-state index is -4.19. The molecule has 0 saturated carbocycles. The first-order chi connectivity index (χ1) is 8.73. The summed E-state index contributed by atoms with van der Waals surface area (Å²) >= 11 is 0. The van der Waals surface area contributed by atoms with Gasteiger partial charge in [-0.25, -0.2) is 0 Å². The molecule has 2 N–H and O–H groups in total. The summed E-state index contributed by atoms with van der Waals surface area (Å²) < 4.78 is 37.5. The molecule has 1 atom stereocenters. The van der Waals surface area contributed by atoms with Gasteiger partial charge >= 0.3 is 6.18 Å². The van der Waals surface area contributed by atoms with E-state index in [1.54, 1.807) is 13.0 Å². The predicted octanol–water partition coefficient (Wildman–Crippen LogP) is 3.27. The third kappa shape index (κ3) is 5.11. The van der Waals surface area contributed by atoms with Crippen molar-refractivity contribution in [2.24, 2.45) is 5.73 Å². The van der Waals surface area contributed by atoms with Crippen molar-refractivity contribution in [3.63, 3.8) is 0 Å². The maximum absolute atomic E-state index is 12.5. The van der Waals surface area contributed by atoms with E-state index in [0.717, 1.165) is 17.5 Å². The van der Waals surface area contributed by atoms with E-state index in [0.29, 0.717) is 12.2 Å². The molecule has 19 heavy (non-hydrogen) atoms. The van der Waals surface area contributed by atoms with E-state index in [1.807, 2.05) is 26.0 Å². The van der Waals surface area contributed by atoms with Gasteiger partial charge in [-0.15, -0.1) is 0 Å². The summed E-state index contributed by atoms with van der Waals surface area (Å²) in [5.41, 5.74) is 8.26. The Kier molecular flexibility index (Phi) is 5.23. The van der Waals surface area contributed by atoms with Gasteiger partial charge in [-0.05, 0) is 44.4 Å². The molecular formula is C14H21F3N2. The van der Waals surface area contributed by atoms with Crippen LogP contribution in [0, 0.1) is 6.92 Å². The van der Waals surface area contributed by atoms with Gasteiger partial charge in [0.2, 0.25) is 0 Å². The lowest BCUT2D eigenvalue weighted by atomic mass is 10.0. The fourth-order valence-corrected chi connectivity index (χ4v) is 2.15. The Hall–Kier alpha value is -1.23. The normalized spacial score (nSPS) is 13.4. The molecule has 0 heterocycles. The Morgan fingerprint density at radius 2 is 1.95 bits per heavy atom. The number of halogens is 3. The standard InChI is InChI=1S/C14H21F3N2/c1-4-19(9-14(15,16)17)13-6-5-12(7-10(13)2)8-11(3)18/h5-7,11H,4,8-9,18H2,1-3H3. The van der Waals surface area contributed by atoms with Crippen LogP contribution in [0.15, 0.2) is 18.2 Å². The highest BCUT2D eigenvalue weighted by molar-refractivity contribution is 5.54. The Balaban J connectivity index is 2.93. The summed E-state index contributed by atoms with van der Waals surface area (Å²) in [6.07, 6.45) is -3.46. The highest BCUT2D eigenvalue weighted by Crippen LogP contribution is 2.25. The second-order valence-corrected chi connectivity index (χ2v) is 4.93. The van der Waals surface area contributed by atoms with Crippen molar-refractivity contribution in [1.82, 2.24) is 0 Å². The highest BCUT2D eigenvalue weighted by atomic mass is 19.4.